The summed E-state index contributed by atoms with van der Waals surface area (Å²) in [6, 6.07) is 0.293. The van der Waals surface area contributed by atoms with Crippen LogP contribution < -0.4 is 5.32 Å². The van der Waals surface area contributed by atoms with E-state index in [-0.39, 0.29) is 5.91 Å². The average Bonchev–Trinajstić information content (AvgIpc) is 2.61. The fourth-order valence-corrected chi connectivity index (χ4v) is 1.49. The van der Waals surface area contributed by atoms with E-state index in [9.17, 15) is 4.79 Å². The normalized spacial score (nSPS) is 10.7. The molecule has 84 valence electrons. The SMILES string of the molecule is CCC(CC)NC(=O)Cn1ccnc1C. The van der Waals surface area contributed by atoms with Gasteiger partial charge in [-0.05, 0) is 19.8 Å². The lowest BCUT2D eigenvalue weighted by molar-refractivity contribution is -0.122. The molecule has 0 bridgehead atoms. The molecule has 1 heterocycles. The lowest BCUT2D eigenvalue weighted by atomic mass is 10.2. The fraction of sp³-hybridized carbons (Fsp3) is 0.636. The van der Waals surface area contributed by atoms with E-state index in [1.54, 1.807) is 6.20 Å². The Kier molecular flexibility index (Phi) is 4.34. The molecule has 0 aliphatic carbocycles. The van der Waals surface area contributed by atoms with E-state index < -0.39 is 0 Å². The van der Waals surface area contributed by atoms with Crippen molar-refractivity contribution in [3.05, 3.63) is 18.2 Å². The third kappa shape index (κ3) is 3.38. The van der Waals surface area contributed by atoms with E-state index in [4.69, 9.17) is 0 Å². The number of carbonyl (C=O) groups excluding carboxylic acids is 1. The Balaban J connectivity index is 2.46. The van der Waals surface area contributed by atoms with E-state index in [1.807, 2.05) is 17.7 Å². The van der Waals surface area contributed by atoms with Crippen molar-refractivity contribution in [2.45, 2.75) is 46.2 Å². The zero-order chi connectivity index (χ0) is 11.3. The van der Waals surface area contributed by atoms with Gasteiger partial charge in [0.25, 0.3) is 0 Å². The van der Waals surface area contributed by atoms with Crippen molar-refractivity contribution in [2.75, 3.05) is 0 Å². The first kappa shape index (κ1) is 11.8. The molecule has 0 aromatic carbocycles. The van der Waals surface area contributed by atoms with Gasteiger partial charge >= 0.3 is 0 Å². The van der Waals surface area contributed by atoms with Crippen molar-refractivity contribution in [3.63, 3.8) is 0 Å². The number of aromatic nitrogens is 2. The van der Waals surface area contributed by atoms with E-state index in [1.165, 1.54) is 0 Å². The summed E-state index contributed by atoms with van der Waals surface area (Å²) >= 11 is 0. The van der Waals surface area contributed by atoms with Crippen LogP contribution in [0.4, 0.5) is 0 Å². The van der Waals surface area contributed by atoms with E-state index >= 15 is 0 Å². The van der Waals surface area contributed by atoms with Gasteiger partial charge in [-0.2, -0.15) is 0 Å². The maximum absolute atomic E-state index is 11.6. The maximum Gasteiger partial charge on any atom is 0.240 e. The number of nitrogens with zero attached hydrogens (tertiary/aromatic N) is 2. The first-order valence-electron chi connectivity index (χ1n) is 5.44. The molecular weight excluding hydrogens is 190 g/mol. The van der Waals surface area contributed by atoms with Crippen molar-refractivity contribution < 1.29 is 4.79 Å². The minimum Gasteiger partial charge on any atom is -0.352 e. The number of nitrogens with one attached hydrogen (secondary N) is 1. The van der Waals surface area contributed by atoms with Gasteiger partial charge in [0.2, 0.25) is 5.91 Å². The minimum atomic E-state index is 0.0600. The van der Waals surface area contributed by atoms with Gasteiger partial charge in [-0.1, -0.05) is 13.8 Å². The molecular formula is C11H19N3O. The molecule has 0 saturated carbocycles. The summed E-state index contributed by atoms with van der Waals surface area (Å²) in [4.78, 5) is 15.7. The Bertz CT molecular complexity index is 315. The molecule has 0 aliphatic rings. The number of carbonyl (C=O) groups is 1. The van der Waals surface area contributed by atoms with Crippen LogP contribution in [0.1, 0.15) is 32.5 Å². The highest BCUT2D eigenvalue weighted by atomic mass is 16.2. The summed E-state index contributed by atoms with van der Waals surface area (Å²) in [5.41, 5.74) is 0. The van der Waals surface area contributed by atoms with Crippen molar-refractivity contribution in [3.8, 4) is 0 Å². The van der Waals surface area contributed by atoms with Crippen LogP contribution in [-0.4, -0.2) is 21.5 Å². The standard InChI is InChI=1S/C11H19N3O/c1-4-10(5-2)13-11(15)8-14-7-6-12-9(14)3/h6-7,10H,4-5,8H2,1-3H3,(H,13,15). The second-order valence-corrected chi connectivity index (χ2v) is 3.68. The summed E-state index contributed by atoms with van der Waals surface area (Å²) in [5.74, 6) is 0.930. The van der Waals surface area contributed by atoms with E-state index in [2.05, 4.69) is 24.1 Å². The molecule has 4 nitrogen and oxygen atoms in total. The molecule has 1 aromatic rings. The zero-order valence-electron chi connectivity index (χ0n) is 9.66. The summed E-state index contributed by atoms with van der Waals surface area (Å²) < 4.78 is 1.84. The molecule has 0 spiro atoms. The first-order valence-corrected chi connectivity index (χ1v) is 5.44. The second-order valence-electron chi connectivity index (χ2n) is 3.68. The van der Waals surface area contributed by atoms with Crippen LogP contribution in [-0.2, 0) is 11.3 Å². The molecule has 1 N–H and O–H groups in total. The lowest BCUT2D eigenvalue weighted by Crippen LogP contribution is -2.36. The summed E-state index contributed by atoms with van der Waals surface area (Å²) in [6.45, 7) is 6.42. The van der Waals surface area contributed by atoms with Crippen molar-refractivity contribution in [1.82, 2.24) is 14.9 Å². The van der Waals surface area contributed by atoms with Crippen LogP contribution in [0.5, 0.6) is 0 Å². The number of imidazole rings is 1. The predicted molar refractivity (Wildman–Crippen MR) is 59.5 cm³/mol. The van der Waals surface area contributed by atoms with Gasteiger partial charge in [-0.25, -0.2) is 4.98 Å². The van der Waals surface area contributed by atoms with Crippen molar-refractivity contribution >= 4 is 5.91 Å². The molecule has 0 saturated heterocycles. The Labute approximate surface area is 90.7 Å². The molecule has 0 fully saturated rings. The zero-order valence-corrected chi connectivity index (χ0v) is 9.66. The van der Waals surface area contributed by atoms with Gasteiger partial charge in [0.1, 0.15) is 12.4 Å². The molecule has 1 amide bonds. The molecule has 0 atom stereocenters. The summed E-state index contributed by atoms with van der Waals surface area (Å²) in [6.07, 6.45) is 5.48. The molecule has 0 radical (unpaired) electrons. The Morgan fingerprint density at radius 2 is 2.20 bits per heavy atom. The third-order valence-electron chi connectivity index (χ3n) is 2.59. The van der Waals surface area contributed by atoms with Crippen molar-refractivity contribution in [2.24, 2.45) is 0 Å². The van der Waals surface area contributed by atoms with E-state index in [0.29, 0.717) is 12.6 Å². The Morgan fingerprint density at radius 3 is 2.67 bits per heavy atom. The highest BCUT2D eigenvalue weighted by Gasteiger charge is 2.09. The highest BCUT2D eigenvalue weighted by Crippen LogP contribution is 1.98. The van der Waals surface area contributed by atoms with Gasteiger partial charge in [-0.15, -0.1) is 0 Å². The minimum absolute atomic E-state index is 0.0600. The molecule has 4 heteroatoms. The number of aryl methyl sites for hydroxylation is 1. The number of hydrogen-bond acceptors (Lipinski definition) is 2. The van der Waals surface area contributed by atoms with Crippen LogP contribution in [0.25, 0.3) is 0 Å². The highest BCUT2D eigenvalue weighted by molar-refractivity contribution is 5.76. The number of rotatable bonds is 5. The molecule has 1 rings (SSSR count). The van der Waals surface area contributed by atoms with Gasteiger partial charge in [0, 0.05) is 18.4 Å². The molecule has 15 heavy (non-hydrogen) atoms. The lowest BCUT2D eigenvalue weighted by Gasteiger charge is -2.15. The van der Waals surface area contributed by atoms with Crippen LogP contribution >= 0.6 is 0 Å². The quantitative estimate of drug-likeness (QED) is 0.798. The van der Waals surface area contributed by atoms with Crippen LogP contribution in [0, 0.1) is 6.92 Å². The molecule has 1 aromatic heterocycles. The fourth-order valence-electron chi connectivity index (χ4n) is 1.49. The second kappa shape index (κ2) is 5.53. The summed E-state index contributed by atoms with van der Waals surface area (Å²) in [7, 11) is 0. The van der Waals surface area contributed by atoms with Crippen LogP contribution in [0.2, 0.25) is 0 Å². The van der Waals surface area contributed by atoms with E-state index in [0.717, 1.165) is 18.7 Å². The average molecular weight is 209 g/mol. The Morgan fingerprint density at radius 1 is 1.53 bits per heavy atom. The van der Waals surface area contributed by atoms with Crippen molar-refractivity contribution in [1.29, 1.82) is 0 Å². The monoisotopic (exact) mass is 209 g/mol. The smallest absolute Gasteiger partial charge is 0.240 e. The van der Waals surface area contributed by atoms with Gasteiger partial charge < -0.3 is 9.88 Å². The third-order valence-corrected chi connectivity index (χ3v) is 2.59. The van der Waals surface area contributed by atoms with Gasteiger partial charge in [-0.3, -0.25) is 4.79 Å². The number of amides is 1. The predicted octanol–water partition coefficient (Wildman–Crippen LogP) is 1.50. The molecule has 0 aliphatic heterocycles. The largest absolute Gasteiger partial charge is 0.352 e. The van der Waals surface area contributed by atoms with Crippen LogP contribution in [0.15, 0.2) is 12.4 Å². The van der Waals surface area contributed by atoms with Gasteiger partial charge in [0.15, 0.2) is 0 Å². The topological polar surface area (TPSA) is 46.9 Å². The summed E-state index contributed by atoms with van der Waals surface area (Å²) in [5, 5.41) is 2.99. The Hall–Kier alpha value is -1.32. The van der Waals surface area contributed by atoms with Crippen LogP contribution in [0.3, 0.4) is 0 Å². The van der Waals surface area contributed by atoms with Gasteiger partial charge in [0.05, 0.1) is 0 Å². The maximum atomic E-state index is 11.6. The first-order chi connectivity index (χ1) is 7.17. The number of hydrogen-bond donors (Lipinski definition) is 1. The molecule has 0 unspecified atom stereocenters.